The van der Waals surface area contributed by atoms with Crippen LogP contribution in [0.4, 0.5) is 10.5 Å². The molecule has 1 spiro atoms. The van der Waals surface area contributed by atoms with Gasteiger partial charge in [0.05, 0.1) is 37.8 Å². The van der Waals surface area contributed by atoms with Gasteiger partial charge in [-0.1, -0.05) is 6.42 Å². The zero-order valence-corrected chi connectivity index (χ0v) is 22.1. The van der Waals surface area contributed by atoms with Crippen LogP contribution in [0.3, 0.4) is 0 Å². The summed E-state index contributed by atoms with van der Waals surface area (Å²) < 4.78 is 12.8. The molecule has 3 aliphatic rings. The number of urea groups is 1. The molecule has 1 aliphatic carbocycles. The standard InChI is InChI=1S/C29H34N4O5/c1-31-23-13-21(38-3)11-12-22(23)25-26(31)24(14-34)33(27(35)18-5-4-6-18)17-29(25)15-32(16-29)28(36)30-19-7-9-20(37-2)10-8-19/h7-13,18,24,34H,4-6,14-17H2,1-3H3,(H,30,36)/t24-/m0/s1. The first-order valence-electron chi connectivity index (χ1n) is 13.2. The average Bonchev–Trinajstić information content (AvgIpc) is 3.17. The summed E-state index contributed by atoms with van der Waals surface area (Å²) in [6.45, 7) is 1.31. The van der Waals surface area contributed by atoms with Gasteiger partial charge in [-0.3, -0.25) is 4.79 Å². The van der Waals surface area contributed by atoms with E-state index in [9.17, 15) is 14.7 Å². The van der Waals surface area contributed by atoms with E-state index in [4.69, 9.17) is 9.47 Å². The van der Waals surface area contributed by atoms with E-state index in [0.717, 1.165) is 52.9 Å². The van der Waals surface area contributed by atoms with Crippen molar-refractivity contribution in [3.63, 3.8) is 0 Å². The Morgan fingerprint density at radius 1 is 1.03 bits per heavy atom. The molecule has 3 amide bonds. The second kappa shape index (κ2) is 9.23. The lowest BCUT2D eigenvalue weighted by Gasteiger charge is -2.56. The molecule has 3 heterocycles. The number of carbonyl (C=O) groups is 2. The molecule has 200 valence electrons. The predicted molar refractivity (Wildman–Crippen MR) is 144 cm³/mol. The normalized spacial score (nSPS) is 20.1. The van der Waals surface area contributed by atoms with Gasteiger partial charge in [-0.25, -0.2) is 4.79 Å². The van der Waals surface area contributed by atoms with Crippen molar-refractivity contribution in [1.29, 1.82) is 0 Å². The number of rotatable bonds is 5. The molecule has 6 rings (SSSR count). The fourth-order valence-corrected chi connectivity index (χ4v) is 6.44. The summed E-state index contributed by atoms with van der Waals surface area (Å²) in [7, 11) is 5.24. The van der Waals surface area contributed by atoms with Crippen molar-refractivity contribution in [3.05, 3.63) is 53.7 Å². The molecule has 2 aliphatic heterocycles. The molecular formula is C29H34N4O5. The number of fused-ring (bicyclic) bond motifs is 4. The van der Waals surface area contributed by atoms with E-state index < -0.39 is 11.5 Å². The Balaban J connectivity index is 1.36. The Kier molecular flexibility index (Phi) is 5.98. The molecule has 0 unspecified atom stereocenters. The van der Waals surface area contributed by atoms with Crippen molar-refractivity contribution in [2.24, 2.45) is 13.0 Å². The van der Waals surface area contributed by atoms with Crippen LogP contribution in [0.2, 0.25) is 0 Å². The Morgan fingerprint density at radius 2 is 1.71 bits per heavy atom. The molecule has 2 aromatic carbocycles. The van der Waals surface area contributed by atoms with Crippen molar-refractivity contribution >= 4 is 28.5 Å². The van der Waals surface area contributed by atoms with Gasteiger partial charge in [-0.15, -0.1) is 0 Å². The second-order valence-corrected chi connectivity index (χ2v) is 10.8. The van der Waals surface area contributed by atoms with E-state index in [-0.39, 0.29) is 24.5 Å². The van der Waals surface area contributed by atoms with Crippen molar-refractivity contribution in [1.82, 2.24) is 14.4 Å². The summed E-state index contributed by atoms with van der Waals surface area (Å²) in [4.78, 5) is 30.5. The highest BCUT2D eigenvalue weighted by atomic mass is 16.5. The monoisotopic (exact) mass is 518 g/mol. The Morgan fingerprint density at radius 3 is 2.32 bits per heavy atom. The molecule has 2 fully saturated rings. The number of anilines is 1. The van der Waals surface area contributed by atoms with Gasteiger partial charge in [-0.2, -0.15) is 0 Å². The quantitative estimate of drug-likeness (QED) is 0.538. The molecule has 1 aromatic heterocycles. The van der Waals surface area contributed by atoms with Crippen LogP contribution in [0.25, 0.3) is 10.9 Å². The molecule has 38 heavy (non-hydrogen) atoms. The Bertz CT molecular complexity index is 1390. The van der Waals surface area contributed by atoms with E-state index >= 15 is 0 Å². The first-order chi connectivity index (χ1) is 18.4. The van der Waals surface area contributed by atoms with Crippen molar-refractivity contribution in [2.45, 2.75) is 30.7 Å². The van der Waals surface area contributed by atoms with Crippen LogP contribution in [0.1, 0.15) is 36.6 Å². The largest absolute Gasteiger partial charge is 0.497 e. The van der Waals surface area contributed by atoms with Crippen molar-refractivity contribution in [3.8, 4) is 11.5 Å². The maximum absolute atomic E-state index is 13.6. The number of aryl methyl sites for hydroxylation is 1. The lowest BCUT2D eigenvalue weighted by atomic mass is 9.68. The minimum atomic E-state index is -0.422. The van der Waals surface area contributed by atoms with Gasteiger partial charge in [0.2, 0.25) is 5.91 Å². The third kappa shape index (κ3) is 3.71. The van der Waals surface area contributed by atoms with E-state index in [1.54, 1.807) is 19.1 Å². The number of hydrogen-bond donors (Lipinski definition) is 2. The Hall–Kier alpha value is -3.72. The summed E-state index contributed by atoms with van der Waals surface area (Å²) in [5.41, 5.74) is 3.35. The molecule has 0 radical (unpaired) electrons. The van der Waals surface area contributed by atoms with Gasteiger partial charge < -0.3 is 34.3 Å². The summed E-state index contributed by atoms with van der Waals surface area (Å²) >= 11 is 0. The molecule has 1 atom stereocenters. The minimum absolute atomic E-state index is 0.0204. The zero-order chi connectivity index (χ0) is 26.6. The number of aromatic nitrogens is 1. The number of aliphatic hydroxyl groups excluding tert-OH is 1. The molecule has 9 heteroatoms. The molecule has 1 saturated carbocycles. The van der Waals surface area contributed by atoms with Gasteiger partial charge in [0.1, 0.15) is 11.5 Å². The highest BCUT2D eigenvalue weighted by Gasteiger charge is 2.56. The predicted octanol–water partition coefficient (Wildman–Crippen LogP) is 3.66. The minimum Gasteiger partial charge on any atom is -0.497 e. The fourth-order valence-electron chi connectivity index (χ4n) is 6.44. The molecule has 3 aromatic rings. The number of hydrogen-bond acceptors (Lipinski definition) is 5. The maximum Gasteiger partial charge on any atom is 0.321 e. The summed E-state index contributed by atoms with van der Waals surface area (Å²) in [5.74, 6) is 1.61. The van der Waals surface area contributed by atoms with Gasteiger partial charge in [0.15, 0.2) is 0 Å². The molecule has 9 nitrogen and oxygen atoms in total. The van der Waals surface area contributed by atoms with E-state index in [1.165, 1.54) is 0 Å². The number of likely N-dealkylation sites (tertiary alicyclic amines) is 1. The number of carbonyl (C=O) groups excluding carboxylic acids is 2. The molecular weight excluding hydrogens is 484 g/mol. The van der Waals surface area contributed by atoms with Crippen LogP contribution in [-0.4, -0.2) is 71.9 Å². The third-order valence-electron chi connectivity index (χ3n) is 8.67. The van der Waals surface area contributed by atoms with Crippen LogP contribution in [-0.2, 0) is 17.3 Å². The van der Waals surface area contributed by atoms with E-state index in [2.05, 4.69) is 16.0 Å². The fraction of sp³-hybridized carbons (Fsp3) is 0.448. The lowest BCUT2D eigenvalue weighted by Crippen LogP contribution is -2.69. The number of amides is 3. The number of benzene rings is 2. The topological polar surface area (TPSA) is 96.3 Å². The number of aliphatic hydroxyl groups is 1. The number of methoxy groups -OCH3 is 2. The van der Waals surface area contributed by atoms with E-state index in [1.807, 2.05) is 48.3 Å². The number of nitrogens with one attached hydrogen (secondary N) is 1. The van der Waals surface area contributed by atoms with Crippen LogP contribution in [0.5, 0.6) is 11.5 Å². The molecule has 0 bridgehead atoms. The summed E-state index contributed by atoms with van der Waals surface area (Å²) in [5, 5.41) is 14.6. The highest BCUT2D eigenvalue weighted by molar-refractivity contribution is 5.93. The van der Waals surface area contributed by atoms with E-state index in [0.29, 0.717) is 25.3 Å². The SMILES string of the molecule is COc1ccc(NC(=O)N2CC3(C2)CN(C(=O)C2CCC2)[C@@H](CO)c2c3c3ccc(OC)cc3n2C)cc1. The van der Waals surface area contributed by atoms with Crippen LogP contribution in [0.15, 0.2) is 42.5 Å². The number of ether oxygens (including phenoxy) is 2. The average molecular weight is 519 g/mol. The van der Waals surface area contributed by atoms with Gasteiger partial charge >= 0.3 is 6.03 Å². The summed E-state index contributed by atoms with van der Waals surface area (Å²) in [6.07, 6.45) is 2.86. The smallest absolute Gasteiger partial charge is 0.321 e. The third-order valence-corrected chi connectivity index (χ3v) is 8.67. The van der Waals surface area contributed by atoms with Crippen LogP contribution >= 0.6 is 0 Å². The second-order valence-electron chi connectivity index (χ2n) is 10.8. The first kappa shape index (κ1) is 24.6. The Labute approximate surface area is 221 Å². The number of nitrogens with zero attached hydrogens (tertiary/aromatic N) is 3. The van der Waals surface area contributed by atoms with Crippen molar-refractivity contribution < 1.29 is 24.2 Å². The van der Waals surface area contributed by atoms with Gasteiger partial charge in [0.25, 0.3) is 0 Å². The molecule has 1 saturated heterocycles. The zero-order valence-electron chi connectivity index (χ0n) is 22.1. The highest BCUT2D eigenvalue weighted by Crippen LogP contribution is 2.50. The van der Waals surface area contributed by atoms with Gasteiger partial charge in [0, 0.05) is 55.4 Å². The van der Waals surface area contributed by atoms with Crippen LogP contribution < -0.4 is 14.8 Å². The summed E-state index contributed by atoms with van der Waals surface area (Å²) in [6, 6.07) is 12.7. The lowest BCUT2D eigenvalue weighted by molar-refractivity contribution is -0.145. The first-order valence-corrected chi connectivity index (χ1v) is 13.2. The van der Waals surface area contributed by atoms with Crippen LogP contribution in [0, 0.1) is 5.92 Å². The van der Waals surface area contributed by atoms with Crippen molar-refractivity contribution in [2.75, 3.05) is 45.8 Å². The maximum atomic E-state index is 13.6. The van der Waals surface area contributed by atoms with Gasteiger partial charge in [-0.05, 0) is 54.8 Å². The molecule has 2 N–H and O–H groups in total.